The molecular formula is C3H5N3S. The van der Waals surface area contributed by atoms with Crippen LogP contribution in [0.5, 0.6) is 0 Å². The molecule has 0 amide bonds. The van der Waals surface area contributed by atoms with Gasteiger partial charge in [0.05, 0.1) is 0 Å². The lowest BCUT2D eigenvalue weighted by molar-refractivity contribution is 0.984. The Morgan fingerprint density at radius 3 is 2.71 bits per heavy atom. The zero-order valence-electron chi connectivity index (χ0n) is 3.87. The molecule has 1 aromatic heterocycles. The second kappa shape index (κ2) is 1.54. The van der Waals surface area contributed by atoms with Crippen molar-refractivity contribution in [3.63, 3.8) is 0 Å². The summed E-state index contributed by atoms with van der Waals surface area (Å²) < 4.78 is 1.37. The van der Waals surface area contributed by atoms with Gasteiger partial charge >= 0.3 is 0 Å². The average Bonchev–Trinajstić information content (AvgIpc) is 1.87. The number of thiol groups is 1. The van der Waals surface area contributed by atoms with Crippen LogP contribution in [0.2, 0.25) is 0 Å². The van der Waals surface area contributed by atoms with E-state index in [-0.39, 0.29) is 0 Å². The highest BCUT2D eigenvalue weighted by Crippen LogP contribution is 1.84. The quantitative estimate of drug-likeness (QED) is 0.492. The van der Waals surface area contributed by atoms with E-state index in [2.05, 4.69) is 22.9 Å². The molecule has 0 aliphatic carbocycles. The molecule has 1 rings (SSSR count). The van der Waals surface area contributed by atoms with Gasteiger partial charge in [0, 0.05) is 0 Å². The van der Waals surface area contributed by atoms with Crippen LogP contribution in [0.3, 0.4) is 0 Å². The first-order valence-corrected chi connectivity index (χ1v) is 2.26. The van der Waals surface area contributed by atoms with Gasteiger partial charge < -0.3 is 0 Å². The lowest BCUT2D eigenvalue weighted by atomic mass is 10.8. The molecule has 0 N–H and O–H groups in total. The minimum Gasteiger partial charge on any atom is -0.219 e. The van der Waals surface area contributed by atoms with Crippen molar-refractivity contribution >= 4 is 12.8 Å². The first kappa shape index (κ1) is 4.64. The van der Waals surface area contributed by atoms with Crippen LogP contribution >= 0.6 is 12.8 Å². The molecule has 0 saturated heterocycles. The van der Waals surface area contributed by atoms with Gasteiger partial charge in [-0.2, -0.15) is 4.09 Å². The van der Waals surface area contributed by atoms with Crippen LogP contribution < -0.4 is 0 Å². The van der Waals surface area contributed by atoms with E-state index in [0.717, 1.165) is 5.82 Å². The second-order valence-electron chi connectivity index (χ2n) is 1.21. The van der Waals surface area contributed by atoms with Crippen LogP contribution in [0.25, 0.3) is 0 Å². The molecule has 0 spiro atoms. The summed E-state index contributed by atoms with van der Waals surface area (Å²) in [7, 11) is 0. The molecule has 0 unspecified atom stereocenters. The molecular weight excluding hydrogens is 110 g/mol. The predicted molar refractivity (Wildman–Crippen MR) is 29.1 cm³/mol. The lowest BCUT2D eigenvalue weighted by Crippen LogP contribution is -1.78. The molecule has 0 aliphatic rings. The van der Waals surface area contributed by atoms with Gasteiger partial charge in [-0.3, -0.25) is 0 Å². The lowest BCUT2D eigenvalue weighted by Gasteiger charge is -1.75. The van der Waals surface area contributed by atoms with E-state index in [1.165, 1.54) is 4.09 Å². The Morgan fingerprint density at radius 1 is 1.86 bits per heavy atom. The van der Waals surface area contributed by atoms with Crippen LogP contribution in [0.15, 0.2) is 6.33 Å². The molecule has 7 heavy (non-hydrogen) atoms. The number of nitrogens with zero attached hydrogens (tertiary/aromatic N) is 3. The molecule has 3 nitrogen and oxygen atoms in total. The normalized spacial score (nSPS) is 9.43. The number of aromatic nitrogens is 3. The summed E-state index contributed by atoms with van der Waals surface area (Å²) in [5, 5.41) is 3.78. The average molecular weight is 115 g/mol. The van der Waals surface area contributed by atoms with Crippen molar-refractivity contribution in [2.45, 2.75) is 6.92 Å². The highest BCUT2D eigenvalue weighted by Gasteiger charge is 1.84. The van der Waals surface area contributed by atoms with Gasteiger partial charge in [0.15, 0.2) is 0 Å². The molecule has 0 radical (unpaired) electrons. The van der Waals surface area contributed by atoms with E-state index in [1.54, 1.807) is 6.33 Å². The maximum Gasteiger partial charge on any atom is 0.148 e. The van der Waals surface area contributed by atoms with Crippen LogP contribution in [-0.2, 0) is 0 Å². The summed E-state index contributed by atoms with van der Waals surface area (Å²) in [5.74, 6) is 0.745. The monoisotopic (exact) mass is 115 g/mol. The summed E-state index contributed by atoms with van der Waals surface area (Å²) in [6.45, 7) is 1.81. The summed E-state index contributed by atoms with van der Waals surface area (Å²) in [6, 6.07) is 0. The zero-order valence-corrected chi connectivity index (χ0v) is 4.76. The predicted octanol–water partition coefficient (Wildman–Crippen LogP) is 0.279. The van der Waals surface area contributed by atoms with E-state index in [9.17, 15) is 0 Å². The SMILES string of the molecule is Cc1ncn(S)n1. The summed E-state index contributed by atoms with van der Waals surface area (Å²) in [4.78, 5) is 3.79. The van der Waals surface area contributed by atoms with E-state index in [4.69, 9.17) is 0 Å². The zero-order chi connectivity index (χ0) is 5.28. The largest absolute Gasteiger partial charge is 0.219 e. The second-order valence-corrected chi connectivity index (χ2v) is 1.62. The van der Waals surface area contributed by atoms with E-state index >= 15 is 0 Å². The molecule has 0 bridgehead atoms. The van der Waals surface area contributed by atoms with Crippen molar-refractivity contribution < 1.29 is 0 Å². The van der Waals surface area contributed by atoms with Gasteiger partial charge in [-0.25, -0.2) is 4.98 Å². The van der Waals surface area contributed by atoms with Crippen LogP contribution in [0.4, 0.5) is 0 Å². The summed E-state index contributed by atoms with van der Waals surface area (Å²) in [5.41, 5.74) is 0. The fraction of sp³-hybridized carbons (Fsp3) is 0.333. The molecule has 1 aromatic rings. The van der Waals surface area contributed by atoms with Gasteiger partial charge in [-0.15, -0.1) is 5.10 Å². The highest BCUT2D eigenvalue weighted by atomic mass is 32.1. The Morgan fingerprint density at radius 2 is 2.57 bits per heavy atom. The number of hydrogen-bond acceptors (Lipinski definition) is 3. The number of rotatable bonds is 0. The Kier molecular flexibility index (Phi) is 1.02. The first-order chi connectivity index (χ1) is 3.29. The third-order valence-corrected chi connectivity index (χ3v) is 0.788. The van der Waals surface area contributed by atoms with Gasteiger partial charge in [0.2, 0.25) is 0 Å². The van der Waals surface area contributed by atoms with Crippen molar-refractivity contribution in [1.82, 2.24) is 14.2 Å². The molecule has 0 atom stereocenters. The van der Waals surface area contributed by atoms with Crippen molar-refractivity contribution in [2.24, 2.45) is 0 Å². The Labute approximate surface area is 46.9 Å². The minimum atomic E-state index is 0.745. The molecule has 38 valence electrons. The van der Waals surface area contributed by atoms with Crippen molar-refractivity contribution in [3.05, 3.63) is 12.2 Å². The van der Waals surface area contributed by atoms with Crippen LogP contribution in [0, 0.1) is 6.92 Å². The van der Waals surface area contributed by atoms with E-state index < -0.39 is 0 Å². The molecule has 0 saturated carbocycles. The van der Waals surface area contributed by atoms with E-state index in [0.29, 0.717) is 0 Å². The fourth-order valence-electron chi connectivity index (χ4n) is 0.335. The number of aryl methyl sites for hydroxylation is 1. The third kappa shape index (κ3) is 0.928. The van der Waals surface area contributed by atoms with Gasteiger partial charge in [-0.1, -0.05) is 0 Å². The van der Waals surface area contributed by atoms with Crippen LogP contribution in [-0.4, -0.2) is 14.2 Å². The molecule has 0 aromatic carbocycles. The number of hydrogen-bond donors (Lipinski definition) is 1. The third-order valence-electron chi connectivity index (χ3n) is 0.595. The van der Waals surface area contributed by atoms with Gasteiger partial charge in [0.25, 0.3) is 0 Å². The van der Waals surface area contributed by atoms with Crippen LogP contribution in [0.1, 0.15) is 5.82 Å². The van der Waals surface area contributed by atoms with Crippen molar-refractivity contribution in [2.75, 3.05) is 0 Å². The maximum absolute atomic E-state index is 3.85. The Hall–Kier alpha value is -0.510. The Balaban J connectivity index is 3.04. The highest BCUT2D eigenvalue weighted by molar-refractivity contribution is 7.78. The maximum atomic E-state index is 3.85. The minimum absolute atomic E-state index is 0.745. The van der Waals surface area contributed by atoms with Crippen molar-refractivity contribution in [1.29, 1.82) is 0 Å². The molecule has 1 heterocycles. The summed E-state index contributed by atoms with van der Waals surface area (Å²) in [6.07, 6.45) is 1.54. The molecule has 4 heteroatoms. The topological polar surface area (TPSA) is 30.7 Å². The van der Waals surface area contributed by atoms with Gasteiger partial charge in [-0.05, 0) is 19.7 Å². The molecule has 0 aliphatic heterocycles. The smallest absolute Gasteiger partial charge is 0.148 e. The first-order valence-electron chi connectivity index (χ1n) is 1.86. The van der Waals surface area contributed by atoms with Gasteiger partial charge in [0.1, 0.15) is 12.2 Å². The van der Waals surface area contributed by atoms with E-state index in [1.807, 2.05) is 6.92 Å². The molecule has 0 fully saturated rings. The summed E-state index contributed by atoms with van der Waals surface area (Å²) >= 11 is 3.85. The van der Waals surface area contributed by atoms with Crippen molar-refractivity contribution in [3.8, 4) is 0 Å². The Bertz CT molecular complexity index is 142. The fourth-order valence-corrected chi connectivity index (χ4v) is 0.516. The standard InChI is InChI=1S/C3H5N3S/c1-3-4-2-6(7)5-3/h2,7H,1H3.